The van der Waals surface area contributed by atoms with E-state index < -0.39 is 9.84 Å². The summed E-state index contributed by atoms with van der Waals surface area (Å²) in [5.74, 6) is 1.13. The van der Waals surface area contributed by atoms with E-state index in [0.717, 1.165) is 29.9 Å². The third-order valence-corrected chi connectivity index (χ3v) is 4.18. The second-order valence-electron chi connectivity index (χ2n) is 4.78. The Balaban J connectivity index is 2.35. The molecule has 0 spiro atoms. The zero-order valence-corrected chi connectivity index (χ0v) is 12.2. The molecule has 0 saturated carbocycles. The zero-order valence-electron chi connectivity index (χ0n) is 11.4. The topological polar surface area (TPSA) is 74.8 Å². The molecule has 2 rings (SSSR count). The van der Waals surface area contributed by atoms with E-state index in [2.05, 4.69) is 29.1 Å². The summed E-state index contributed by atoms with van der Waals surface area (Å²) >= 11 is 0. The van der Waals surface area contributed by atoms with Gasteiger partial charge in [-0.2, -0.15) is 0 Å². The first kappa shape index (κ1) is 14.0. The number of H-pyrrole nitrogens is 1. The lowest BCUT2D eigenvalue weighted by molar-refractivity contribution is 0.602. The van der Waals surface area contributed by atoms with Crippen LogP contribution in [0.3, 0.4) is 0 Å². The minimum atomic E-state index is -3.18. The molecule has 2 aromatic rings. The van der Waals surface area contributed by atoms with Gasteiger partial charge in [-0.15, -0.1) is 0 Å². The Morgan fingerprint density at radius 3 is 2.79 bits per heavy atom. The van der Waals surface area contributed by atoms with Crippen molar-refractivity contribution in [2.24, 2.45) is 0 Å². The molecule has 1 aromatic carbocycles. The van der Waals surface area contributed by atoms with Gasteiger partial charge in [0.15, 0.2) is 9.84 Å². The summed E-state index contributed by atoms with van der Waals surface area (Å²) in [7, 11) is -3.18. The van der Waals surface area contributed by atoms with Gasteiger partial charge in [-0.1, -0.05) is 13.8 Å². The van der Waals surface area contributed by atoms with E-state index in [9.17, 15) is 8.42 Å². The molecule has 0 aliphatic carbocycles. The van der Waals surface area contributed by atoms with Crippen LogP contribution in [0.5, 0.6) is 0 Å². The number of fused-ring (bicyclic) bond motifs is 1. The highest BCUT2D eigenvalue weighted by atomic mass is 32.2. The predicted molar refractivity (Wildman–Crippen MR) is 76.2 cm³/mol. The van der Waals surface area contributed by atoms with Gasteiger partial charge in [0.2, 0.25) is 0 Å². The largest absolute Gasteiger partial charge is 0.342 e. The monoisotopic (exact) mass is 281 g/mol. The van der Waals surface area contributed by atoms with Crippen LogP contribution in [0, 0.1) is 0 Å². The van der Waals surface area contributed by atoms with Crippen molar-refractivity contribution in [3.63, 3.8) is 0 Å². The summed E-state index contributed by atoms with van der Waals surface area (Å²) in [5.41, 5.74) is 1.56. The first-order chi connectivity index (χ1) is 8.91. The highest BCUT2D eigenvalue weighted by molar-refractivity contribution is 7.90. The Morgan fingerprint density at radius 2 is 2.16 bits per heavy atom. The second kappa shape index (κ2) is 5.30. The Morgan fingerprint density at radius 1 is 1.42 bits per heavy atom. The van der Waals surface area contributed by atoms with Crippen molar-refractivity contribution in [1.82, 2.24) is 15.3 Å². The molecular weight excluding hydrogens is 262 g/mol. The van der Waals surface area contributed by atoms with E-state index in [0.29, 0.717) is 4.90 Å². The number of sulfone groups is 1. The number of aromatic amines is 1. The van der Waals surface area contributed by atoms with Crippen LogP contribution in [0.1, 0.15) is 25.6 Å². The molecule has 0 amide bonds. The van der Waals surface area contributed by atoms with E-state index in [1.807, 2.05) is 0 Å². The highest BCUT2D eigenvalue weighted by Crippen LogP contribution is 2.20. The van der Waals surface area contributed by atoms with E-state index >= 15 is 0 Å². The molecule has 1 atom stereocenters. The van der Waals surface area contributed by atoms with Gasteiger partial charge >= 0.3 is 0 Å². The van der Waals surface area contributed by atoms with Crippen molar-refractivity contribution in [3.05, 3.63) is 24.0 Å². The van der Waals surface area contributed by atoms with Crippen LogP contribution >= 0.6 is 0 Å². The molecule has 1 heterocycles. The van der Waals surface area contributed by atoms with Crippen molar-refractivity contribution in [2.45, 2.75) is 24.7 Å². The fourth-order valence-corrected chi connectivity index (χ4v) is 2.58. The summed E-state index contributed by atoms with van der Waals surface area (Å²) in [6.45, 7) is 5.90. The molecule has 5 nitrogen and oxygen atoms in total. The quantitative estimate of drug-likeness (QED) is 0.874. The molecule has 0 fully saturated rings. The maximum Gasteiger partial charge on any atom is 0.175 e. The number of rotatable bonds is 5. The molecule has 6 heteroatoms. The molecule has 19 heavy (non-hydrogen) atoms. The van der Waals surface area contributed by atoms with Gasteiger partial charge in [-0.3, -0.25) is 0 Å². The average Bonchev–Trinajstić information content (AvgIpc) is 2.77. The Bertz CT molecular complexity index is 676. The maximum atomic E-state index is 11.5. The summed E-state index contributed by atoms with van der Waals surface area (Å²) in [4.78, 5) is 8.01. The van der Waals surface area contributed by atoms with Crippen LogP contribution in [0.2, 0.25) is 0 Å². The number of aromatic nitrogens is 2. The number of likely N-dealkylation sites (N-methyl/N-ethyl adjacent to an activating group) is 1. The van der Waals surface area contributed by atoms with Gasteiger partial charge in [-0.25, -0.2) is 13.4 Å². The van der Waals surface area contributed by atoms with Gasteiger partial charge in [-0.05, 0) is 24.7 Å². The number of hydrogen-bond donors (Lipinski definition) is 2. The van der Waals surface area contributed by atoms with Crippen molar-refractivity contribution in [2.75, 3.05) is 19.3 Å². The molecule has 0 bridgehead atoms. The third kappa shape index (κ3) is 3.13. The molecule has 1 unspecified atom stereocenters. The predicted octanol–water partition coefficient (Wildman–Crippen LogP) is 1.68. The number of benzene rings is 1. The van der Waals surface area contributed by atoms with Gasteiger partial charge in [0.1, 0.15) is 5.82 Å². The lowest BCUT2D eigenvalue weighted by Gasteiger charge is -2.07. The number of hydrogen-bond acceptors (Lipinski definition) is 4. The Labute approximate surface area is 113 Å². The third-order valence-electron chi connectivity index (χ3n) is 3.07. The summed E-state index contributed by atoms with van der Waals surface area (Å²) in [6, 6.07) is 4.98. The molecule has 2 N–H and O–H groups in total. The fraction of sp³-hybridized carbons (Fsp3) is 0.462. The lowest BCUT2D eigenvalue weighted by Crippen LogP contribution is -2.19. The number of nitrogens with zero attached hydrogens (tertiary/aromatic N) is 1. The first-order valence-corrected chi connectivity index (χ1v) is 8.21. The van der Waals surface area contributed by atoms with Gasteiger partial charge in [0, 0.05) is 18.7 Å². The van der Waals surface area contributed by atoms with E-state index in [4.69, 9.17) is 0 Å². The van der Waals surface area contributed by atoms with Gasteiger partial charge < -0.3 is 10.3 Å². The molecular formula is C13H19N3O2S. The summed E-state index contributed by atoms with van der Waals surface area (Å²) in [6.07, 6.45) is 1.21. The number of imidazole rings is 1. The second-order valence-corrected chi connectivity index (χ2v) is 6.80. The Hall–Kier alpha value is -1.40. The van der Waals surface area contributed by atoms with Crippen molar-refractivity contribution < 1.29 is 8.42 Å². The smallest absolute Gasteiger partial charge is 0.175 e. The van der Waals surface area contributed by atoms with Crippen LogP contribution in [0.4, 0.5) is 0 Å². The lowest BCUT2D eigenvalue weighted by atomic mass is 10.2. The van der Waals surface area contributed by atoms with E-state index in [1.165, 1.54) is 6.26 Å². The Kier molecular flexibility index (Phi) is 3.91. The minimum Gasteiger partial charge on any atom is -0.342 e. The average molecular weight is 281 g/mol. The minimum absolute atomic E-state index is 0.258. The van der Waals surface area contributed by atoms with Crippen molar-refractivity contribution in [3.8, 4) is 0 Å². The molecule has 0 aliphatic rings. The van der Waals surface area contributed by atoms with Gasteiger partial charge in [0.05, 0.1) is 15.9 Å². The highest BCUT2D eigenvalue weighted by Gasteiger charge is 2.13. The first-order valence-electron chi connectivity index (χ1n) is 6.32. The zero-order chi connectivity index (χ0) is 14.0. The SMILES string of the molecule is CCNCC(C)c1nc2ccc(S(C)(=O)=O)cc2[nH]1. The molecule has 0 aliphatic heterocycles. The van der Waals surface area contributed by atoms with E-state index in [1.54, 1.807) is 18.2 Å². The normalized spacial score (nSPS) is 13.8. The standard InChI is InChI=1S/C13H19N3O2S/c1-4-14-8-9(2)13-15-11-6-5-10(19(3,17)18)7-12(11)16-13/h5-7,9,14H,4,8H2,1-3H3,(H,15,16). The maximum absolute atomic E-state index is 11.5. The van der Waals surface area contributed by atoms with Crippen LogP contribution in [-0.2, 0) is 9.84 Å². The van der Waals surface area contributed by atoms with Crippen molar-refractivity contribution >= 4 is 20.9 Å². The summed E-state index contributed by atoms with van der Waals surface area (Å²) in [5, 5.41) is 3.27. The molecule has 0 radical (unpaired) electrons. The molecule has 104 valence electrons. The van der Waals surface area contributed by atoms with Crippen LogP contribution in [0.15, 0.2) is 23.1 Å². The van der Waals surface area contributed by atoms with E-state index in [-0.39, 0.29) is 5.92 Å². The van der Waals surface area contributed by atoms with Crippen LogP contribution in [0.25, 0.3) is 11.0 Å². The van der Waals surface area contributed by atoms with Crippen LogP contribution in [-0.4, -0.2) is 37.7 Å². The number of nitrogens with one attached hydrogen (secondary N) is 2. The van der Waals surface area contributed by atoms with Gasteiger partial charge in [0.25, 0.3) is 0 Å². The van der Waals surface area contributed by atoms with Crippen LogP contribution < -0.4 is 5.32 Å². The van der Waals surface area contributed by atoms with Crippen molar-refractivity contribution in [1.29, 1.82) is 0 Å². The fourth-order valence-electron chi connectivity index (χ4n) is 1.93. The summed E-state index contributed by atoms with van der Waals surface area (Å²) < 4.78 is 23.0. The molecule has 1 aromatic heterocycles. The molecule has 0 saturated heterocycles.